The molecule has 0 unspecified atom stereocenters. The van der Waals surface area contributed by atoms with Crippen molar-refractivity contribution in [2.45, 2.75) is 20.8 Å². The van der Waals surface area contributed by atoms with Crippen LogP contribution >= 0.6 is 11.6 Å². The number of aryl methyl sites for hydroxylation is 2. The summed E-state index contributed by atoms with van der Waals surface area (Å²) in [6, 6.07) is 25.4. The lowest BCUT2D eigenvalue weighted by molar-refractivity contribution is 0.0671. The highest BCUT2D eigenvalue weighted by Gasteiger charge is 2.28. The fourth-order valence-corrected chi connectivity index (χ4v) is 5.29. The number of urea groups is 1. The molecule has 1 aliphatic rings. The molecule has 194 valence electrons. The van der Waals surface area contributed by atoms with Crippen LogP contribution in [0.4, 0.5) is 10.5 Å². The lowest BCUT2D eigenvalue weighted by Crippen LogP contribution is -2.51. The second-order valence-electron chi connectivity index (χ2n) is 9.66. The number of amides is 3. The van der Waals surface area contributed by atoms with Crippen molar-refractivity contribution in [2.24, 2.45) is 0 Å². The summed E-state index contributed by atoms with van der Waals surface area (Å²) in [5.74, 6) is -0.0414. The van der Waals surface area contributed by atoms with Crippen molar-refractivity contribution in [2.75, 3.05) is 31.5 Å². The molecule has 2 heterocycles. The van der Waals surface area contributed by atoms with E-state index in [1.54, 1.807) is 4.90 Å². The number of nitrogens with zero attached hydrogens (tertiary/aromatic N) is 3. The molecule has 7 heteroatoms. The van der Waals surface area contributed by atoms with E-state index in [1.165, 1.54) is 0 Å². The minimum absolute atomic E-state index is 0.0414. The second kappa shape index (κ2) is 10.8. The molecular weight excluding hydrogens is 496 g/mol. The normalized spacial score (nSPS) is 13.5. The number of halogens is 1. The summed E-state index contributed by atoms with van der Waals surface area (Å²) in [7, 11) is 0. The fourth-order valence-electron chi connectivity index (χ4n) is 5.07. The third-order valence-electron chi connectivity index (χ3n) is 7.21. The quantitative estimate of drug-likeness (QED) is 0.321. The third-order valence-corrected chi connectivity index (χ3v) is 7.53. The van der Waals surface area contributed by atoms with Gasteiger partial charge in [-0.1, -0.05) is 72.3 Å². The van der Waals surface area contributed by atoms with E-state index < -0.39 is 0 Å². The number of nitrogens with one attached hydrogen (secondary N) is 1. The number of aromatic nitrogens is 1. The molecule has 5 rings (SSSR count). The molecular formula is C31H31ClN4O2. The van der Waals surface area contributed by atoms with Crippen LogP contribution in [0.25, 0.3) is 16.9 Å². The first kappa shape index (κ1) is 25.6. The van der Waals surface area contributed by atoms with E-state index in [1.807, 2.05) is 105 Å². The van der Waals surface area contributed by atoms with Crippen LogP contribution in [-0.2, 0) is 0 Å². The van der Waals surface area contributed by atoms with Crippen molar-refractivity contribution in [1.29, 1.82) is 0 Å². The summed E-state index contributed by atoms with van der Waals surface area (Å²) in [5.41, 5.74) is 7.11. The van der Waals surface area contributed by atoms with Crippen molar-refractivity contribution in [3.8, 4) is 16.9 Å². The van der Waals surface area contributed by atoms with Gasteiger partial charge in [0.1, 0.15) is 0 Å². The van der Waals surface area contributed by atoms with Gasteiger partial charge in [0.05, 0.1) is 22.0 Å². The number of hydrogen-bond acceptors (Lipinski definition) is 2. The van der Waals surface area contributed by atoms with Crippen molar-refractivity contribution in [3.63, 3.8) is 0 Å². The highest BCUT2D eigenvalue weighted by Crippen LogP contribution is 2.33. The number of para-hydroxylation sites is 2. The monoisotopic (exact) mass is 526 g/mol. The molecule has 3 aromatic carbocycles. The lowest BCUT2D eigenvalue weighted by Gasteiger charge is -2.35. The van der Waals surface area contributed by atoms with Gasteiger partial charge >= 0.3 is 6.03 Å². The van der Waals surface area contributed by atoms with Crippen LogP contribution in [0.3, 0.4) is 0 Å². The molecule has 0 radical (unpaired) electrons. The van der Waals surface area contributed by atoms with Gasteiger partial charge in [0.2, 0.25) is 0 Å². The molecule has 1 saturated heterocycles. The smallest absolute Gasteiger partial charge is 0.321 e. The largest absolute Gasteiger partial charge is 0.335 e. The van der Waals surface area contributed by atoms with Crippen LogP contribution in [-0.4, -0.2) is 52.5 Å². The maximum atomic E-state index is 13.8. The van der Waals surface area contributed by atoms with E-state index in [4.69, 9.17) is 11.6 Å². The van der Waals surface area contributed by atoms with Gasteiger partial charge in [-0.05, 0) is 55.7 Å². The van der Waals surface area contributed by atoms with Gasteiger partial charge in [-0.3, -0.25) is 4.79 Å². The molecule has 0 saturated carbocycles. The molecule has 4 aromatic rings. The van der Waals surface area contributed by atoms with E-state index in [0.717, 1.165) is 39.5 Å². The minimum atomic E-state index is -0.137. The fraction of sp³-hybridized carbons (Fsp3) is 0.226. The predicted molar refractivity (Wildman–Crippen MR) is 153 cm³/mol. The van der Waals surface area contributed by atoms with E-state index in [9.17, 15) is 9.59 Å². The van der Waals surface area contributed by atoms with Crippen LogP contribution in [0, 0.1) is 20.8 Å². The van der Waals surface area contributed by atoms with E-state index >= 15 is 0 Å². The maximum absolute atomic E-state index is 13.8. The van der Waals surface area contributed by atoms with Crippen LogP contribution in [0.2, 0.25) is 5.02 Å². The Balaban J connectivity index is 1.37. The Labute approximate surface area is 228 Å². The Morgan fingerprint density at radius 2 is 1.37 bits per heavy atom. The van der Waals surface area contributed by atoms with Gasteiger partial charge < -0.3 is 19.7 Å². The van der Waals surface area contributed by atoms with Gasteiger partial charge in [-0.2, -0.15) is 0 Å². The van der Waals surface area contributed by atoms with Crippen LogP contribution < -0.4 is 5.32 Å². The van der Waals surface area contributed by atoms with Gasteiger partial charge in [-0.15, -0.1) is 0 Å². The Hall–Kier alpha value is -4.03. The molecule has 1 N–H and O–H groups in total. The van der Waals surface area contributed by atoms with E-state index in [-0.39, 0.29) is 11.9 Å². The standard InChI is InChI=1S/C31H31ClN4O2/c1-21-10-9-11-22(2)29(21)33-31(38)35-18-16-34(17-19-35)30(37)25-20-28(24-12-5-4-6-13-24)36(23(25)3)27-15-8-7-14-26(27)32/h4-15,20H,16-19H2,1-3H3,(H,33,38). The Bertz CT molecular complexity index is 1470. The number of hydrogen-bond donors (Lipinski definition) is 1. The highest BCUT2D eigenvalue weighted by atomic mass is 35.5. The minimum Gasteiger partial charge on any atom is -0.335 e. The lowest BCUT2D eigenvalue weighted by atomic mass is 10.1. The number of piperazine rings is 1. The van der Waals surface area contributed by atoms with Gasteiger partial charge in [0.25, 0.3) is 5.91 Å². The molecule has 3 amide bonds. The molecule has 0 bridgehead atoms. The number of carbonyl (C=O) groups excluding carboxylic acids is 2. The molecule has 0 spiro atoms. The summed E-state index contributed by atoms with van der Waals surface area (Å²) in [6.45, 7) is 7.81. The topological polar surface area (TPSA) is 57.6 Å². The number of anilines is 1. The zero-order valence-corrected chi connectivity index (χ0v) is 22.6. The van der Waals surface area contributed by atoms with Gasteiger partial charge in [-0.25, -0.2) is 4.79 Å². The Morgan fingerprint density at radius 3 is 2.03 bits per heavy atom. The van der Waals surface area contributed by atoms with Gasteiger partial charge in [0, 0.05) is 37.6 Å². The zero-order chi connectivity index (χ0) is 26.8. The molecule has 1 aromatic heterocycles. The molecule has 0 aliphatic carbocycles. The number of benzene rings is 3. The zero-order valence-electron chi connectivity index (χ0n) is 21.9. The average Bonchev–Trinajstić information content (AvgIpc) is 3.28. The highest BCUT2D eigenvalue weighted by molar-refractivity contribution is 6.32. The summed E-state index contributed by atoms with van der Waals surface area (Å²) in [5, 5.41) is 3.67. The first-order valence-corrected chi connectivity index (χ1v) is 13.2. The van der Waals surface area contributed by atoms with Gasteiger partial charge in [0.15, 0.2) is 0 Å². The van der Waals surface area contributed by atoms with Crippen molar-refractivity contribution in [1.82, 2.24) is 14.4 Å². The van der Waals surface area contributed by atoms with Crippen molar-refractivity contribution in [3.05, 3.63) is 106 Å². The van der Waals surface area contributed by atoms with Crippen LogP contribution in [0.15, 0.2) is 78.9 Å². The average molecular weight is 527 g/mol. The first-order valence-electron chi connectivity index (χ1n) is 12.8. The maximum Gasteiger partial charge on any atom is 0.321 e. The van der Waals surface area contributed by atoms with E-state index in [0.29, 0.717) is 36.8 Å². The molecule has 1 fully saturated rings. The van der Waals surface area contributed by atoms with Crippen molar-refractivity contribution >= 4 is 29.2 Å². The van der Waals surface area contributed by atoms with Crippen LogP contribution in [0.5, 0.6) is 0 Å². The van der Waals surface area contributed by atoms with Crippen LogP contribution in [0.1, 0.15) is 27.2 Å². The summed E-state index contributed by atoms with van der Waals surface area (Å²) in [6.07, 6.45) is 0. The Morgan fingerprint density at radius 1 is 0.763 bits per heavy atom. The number of rotatable bonds is 4. The molecule has 38 heavy (non-hydrogen) atoms. The van der Waals surface area contributed by atoms with E-state index in [2.05, 4.69) is 9.88 Å². The third kappa shape index (κ3) is 4.92. The first-order chi connectivity index (χ1) is 18.3. The number of carbonyl (C=O) groups is 2. The molecule has 0 atom stereocenters. The SMILES string of the molecule is Cc1cccc(C)c1NC(=O)N1CCN(C(=O)c2cc(-c3ccccc3)n(-c3ccccc3Cl)c2C)CC1. The summed E-state index contributed by atoms with van der Waals surface area (Å²) < 4.78 is 2.05. The summed E-state index contributed by atoms with van der Waals surface area (Å²) in [4.78, 5) is 30.3. The predicted octanol–water partition coefficient (Wildman–Crippen LogP) is 6.71. The Kier molecular flexibility index (Phi) is 7.25. The van der Waals surface area contributed by atoms with Crippen molar-refractivity contribution < 1.29 is 9.59 Å². The summed E-state index contributed by atoms with van der Waals surface area (Å²) >= 11 is 6.59. The molecule has 6 nitrogen and oxygen atoms in total. The second-order valence-corrected chi connectivity index (χ2v) is 10.1. The molecule has 1 aliphatic heterocycles.